The lowest BCUT2D eigenvalue weighted by molar-refractivity contribution is 0.0933. The zero-order valence-electron chi connectivity index (χ0n) is 12.9. The van der Waals surface area contributed by atoms with Crippen LogP contribution in [0.15, 0.2) is 28.7 Å². The van der Waals surface area contributed by atoms with Crippen molar-refractivity contribution in [2.75, 3.05) is 19.6 Å². The normalized spacial score (nSPS) is 17.1. The van der Waals surface area contributed by atoms with Gasteiger partial charge in [0.25, 0.3) is 5.91 Å². The van der Waals surface area contributed by atoms with Gasteiger partial charge in [-0.15, -0.1) is 0 Å². The van der Waals surface area contributed by atoms with E-state index in [4.69, 9.17) is 0 Å². The van der Waals surface area contributed by atoms with Crippen LogP contribution in [0.3, 0.4) is 0 Å². The molecule has 1 heterocycles. The molecule has 0 radical (unpaired) electrons. The third kappa shape index (κ3) is 5.11. The predicted molar refractivity (Wildman–Crippen MR) is 90.5 cm³/mol. The van der Waals surface area contributed by atoms with E-state index in [1.54, 1.807) is 0 Å². The van der Waals surface area contributed by atoms with Crippen molar-refractivity contribution in [1.82, 2.24) is 10.2 Å². The maximum atomic E-state index is 12.3. The highest BCUT2D eigenvalue weighted by Gasteiger charge is 2.23. The Kier molecular flexibility index (Phi) is 6.24. The molecular formula is C17H25BrN2O. The molecule has 0 bridgehead atoms. The zero-order valence-corrected chi connectivity index (χ0v) is 14.5. The highest BCUT2D eigenvalue weighted by Crippen LogP contribution is 2.17. The molecule has 1 aromatic carbocycles. The molecule has 0 spiro atoms. The third-order valence-electron chi connectivity index (χ3n) is 3.99. The highest BCUT2D eigenvalue weighted by molar-refractivity contribution is 9.10. The fourth-order valence-electron chi connectivity index (χ4n) is 2.95. The summed E-state index contributed by atoms with van der Waals surface area (Å²) in [7, 11) is 0. The molecule has 1 fully saturated rings. The molecule has 4 heteroatoms. The van der Waals surface area contributed by atoms with Crippen molar-refractivity contribution in [2.24, 2.45) is 5.92 Å². The van der Waals surface area contributed by atoms with Gasteiger partial charge in [0, 0.05) is 22.6 Å². The van der Waals surface area contributed by atoms with E-state index >= 15 is 0 Å². The summed E-state index contributed by atoms with van der Waals surface area (Å²) >= 11 is 3.41. The number of rotatable bonds is 6. The number of likely N-dealkylation sites (tertiary alicyclic amines) is 1. The van der Waals surface area contributed by atoms with Crippen LogP contribution in [0, 0.1) is 5.92 Å². The van der Waals surface area contributed by atoms with Gasteiger partial charge >= 0.3 is 0 Å². The Morgan fingerprint density at radius 1 is 1.33 bits per heavy atom. The minimum Gasteiger partial charge on any atom is -0.350 e. The number of hydrogen-bond donors (Lipinski definition) is 1. The van der Waals surface area contributed by atoms with Crippen LogP contribution < -0.4 is 5.32 Å². The predicted octanol–water partition coefficient (Wildman–Crippen LogP) is 3.69. The minimum atomic E-state index is 0.0178. The molecule has 0 aromatic heterocycles. The molecule has 1 aromatic rings. The molecule has 1 unspecified atom stereocenters. The summed E-state index contributed by atoms with van der Waals surface area (Å²) in [6.45, 7) is 7.58. The van der Waals surface area contributed by atoms with Crippen molar-refractivity contribution in [1.29, 1.82) is 0 Å². The van der Waals surface area contributed by atoms with Gasteiger partial charge < -0.3 is 5.32 Å². The Labute approximate surface area is 136 Å². The van der Waals surface area contributed by atoms with E-state index in [1.165, 1.54) is 25.9 Å². The molecule has 1 N–H and O–H groups in total. The highest BCUT2D eigenvalue weighted by atomic mass is 79.9. The van der Waals surface area contributed by atoms with E-state index in [1.807, 2.05) is 24.3 Å². The second-order valence-corrected chi connectivity index (χ2v) is 7.16. The first-order valence-electron chi connectivity index (χ1n) is 7.84. The number of hydrogen-bond acceptors (Lipinski definition) is 2. The minimum absolute atomic E-state index is 0.0178. The summed E-state index contributed by atoms with van der Waals surface area (Å²) in [4.78, 5) is 14.8. The van der Waals surface area contributed by atoms with Crippen LogP contribution in [0.2, 0.25) is 0 Å². The van der Waals surface area contributed by atoms with Crippen LogP contribution in [0.1, 0.15) is 43.5 Å². The summed E-state index contributed by atoms with van der Waals surface area (Å²) < 4.78 is 0.938. The Bertz CT molecular complexity index is 470. The number of nitrogens with zero attached hydrogens (tertiary/aromatic N) is 1. The average molecular weight is 353 g/mol. The Hall–Kier alpha value is -0.870. The Morgan fingerprint density at radius 3 is 2.67 bits per heavy atom. The van der Waals surface area contributed by atoms with Gasteiger partial charge in [-0.1, -0.05) is 35.8 Å². The van der Waals surface area contributed by atoms with Gasteiger partial charge in [0.2, 0.25) is 0 Å². The molecule has 1 amide bonds. The monoisotopic (exact) mass is 352 g/mol. The summed E-state index contributed by atoms with van der Waals surface area (Å²) in [5.41, 5.74) is 0.717. The lowest BCUT2D eigenvalue weighted by Crippen LogP contribution is -2.43. The lowest BCUT2D eigenvalue weighted by atomic mass is 10.0. The molecule has 3 nitrogen and oxygen atoms in total. The number of carbonyl (C=O) groups is 1. The number of carbonyl (C=O) groups excluding carboxylic acids is 1. The van der Waals surface area contributed by atoms with E-state index in [0.29, 0.717) is 17.5 Å². The van der Waals surface area contributed by atoms with Crippen molar-refractivity contribution >= 4 is 21.8 Å². The van der Waals surface area contributed by atoms with E-state index in [-0.39, 0.29) is 5.91 Å². The van der Waals surface area contributed by atoms with E-state index in [0.717, 1.165) is 17.4 Å². The lowest BCUT2D eigenvalue weighted by Gasteiger charge is -2.29. The molecule has 2 rings (SSSR count). The van der Waals surface area contributed by atoms with Crippen molar-refractivity contribution in [2.45, 2.75) is 39.2 Å². The fraction of sp³-hybridized carbons (Fsp3) is 0.588. The van der Waals surface area contributed by atoms with Gasteiger partial charge in [-0.2, -0.15) is 0 Å². The number of benzene rings is 1. The third-order valence-corrected chi connectivity index (χ3v) is 4.48. The average Bonchev–Trinajstić information content (AvgIpc) is 2.96. The van der Waals surface area contributed by atoms with Gasteiger partial charge in [0.15, 0.2) is 0 Å². The van der Waals surface area contributed by atoms with Gasteiger partial charge in [-0.3, -0.25) is 9.69 Å². The second-order valence-electron chi connectivity index (χ2n) is 6.25. The van der Waals surface area contributed by atoms with E-state index in [9.17, 15) is 4.79 Å². The Balaban J connectivity index is 1.92. The van der Waals surface area contributed by atoms with Gasteiger partial charge in [0.05, 0.1) is 0 Å². The van der Waals surface area contributed by atoms with E-state index < -0.39 is 0 Å². The van der Waals surface area contributed by atoms with Crippen molar-refractivity contribution < 1.29 is 4.79 Å². The SMILES string of the molecule is CC(C)CC(CNC(=O)c1cccc(Br)c1)N1CCCC1. The van der Waals surface area contributed by atoms with Gasteiger partial charge in [-0.05, 0) is 56.5 Å². The largest absolute Gasteiger partial charge is 0.350 e. The molecule has 1 aliphatic rings. The summed E-state index contributed by atoms with van der Waals surface area (Å²) in [5.74, 6) is 0.669. The molecular weight excluding hydrogens is 328 g/mol. The van der Waals surface area contributed by atoms with Crippen LogP contribution in [0.5, 0.6) is 0 Å². The van der Waals surface area contributed by atoms with E-state index in [2.05, 4.69) is 40.0 Å². The second kappa shape index (κ2) is 7.95. The smallest absolute Gasteiger partial charge is 0.251 e. The maximum Gasteiger partial charge on any atom is 0.251 e. The van der Waals surface area contributed by atoms with Crippen LogP contribution >= 0.6 is 15.9 Å². The summed E-state index contributed by atoms with van der Waals surface area (Å²) in [6, 6.07) is 8.01. The number of halogens is 1. The molecule has 116 valence electrons. The summed E-state index contributed by atoms with van der Waals surface area (Å²) in [5, 5.41) is 3.11. The van der Waals surface area contributed by atoms with Crippen molar-refractivity contribution in [3.8, 4) is 0 Å². The molecule has 1 saturated heterocycles. The topological polar surface area (TPSA) is 32.3 Å². The molecule has 21 heavy (non-hydrogen) atoms. The molecule has 0 aliphatic carbocycles. The first kappa shape index (κ1) is 16.5. The molecule has 1 atom stereocenters. The first-order chi connectivity index (χ1) is 10.1. The van der Waals surface area contributed by atoms with Gasteiger partial charge in [0.1, 0.15) is 0 Å². The van der Waals surface area contributed by atoms with Crippen molar-refractivity contribution in [3.63, 3.8) is 0 Å². The van der Waals surface area contributed by atoms with Crippen LogP contribution in [0.25, 0.3) is 0 Å². The first-order valence-corrected chi connectivity index (χ1v) is 8.63. The van der Waals surface area contributed by atoms with Crippen LogP contribution in [-0.4, -0.2) is 36.5 Å². The maximum absolute atomic E-state index is 12.3. The zero-order chi connectivity index (χ0) is 15.2. The van der Waals surface area contributed by atoms with Crippen molar-refractivity contribution in [3.05, 3.63) is 34.3 Å². The molecule has 1 aliphatic heterocycles. The number of nitrogens with one attached hydrogen (secondary N) is 1. The Morgan fingerprint density at radius 2 is 2.05 bits per heavy atom. The quantitative estimate of drug-likeness (QED) is 0.846. The van der Waals surface area contributed by atoms with Crippen LogP contribution in [-0.2, 0) is 0 Å². The number of amides is 1. The molecule has 0 saturated carbocycles. The van der Waals surface area contributed by atoms with Crippen LogP contribution in [0.4, 0.5) is 0 Å². The van der Waals surface area contributed by atoms with Gasteiger partial charge in [-0.25, -0.2) is 0 Å². The standard InChI is InChI=1S/C17H25BrN2O/c1-13(2)10-16(20-8-3-4-9-20)12-19-17(21)14-6-5-7-15(18)11-14/h5-7,11,13,16H,3-4,8-10,12H2,1-2H3,(H,19,21). The summed E-state index contributed by atoms with van der Waals surface area (Å²) in [6.07, 6.45) is 3.71. The fourth-order valence-corrected chi connectivity index (χ4v) is 3.35.